The molecule has 7 heteroatoms. The van der Waals surface area contributed by atoms with E-state index in [4.69, 9.17) is 11.6 Å². The maximum Gasteiger partial charge on any atom is 0.268 e. The van der Waals surface area contributed by atoms with Gasteiger partial charge in [0, 0.05) is 23.0 Å². The van der Waals surface area contributed by atoms with Crippen molar-refractivity contribution in [3.63, 3.8) is 0 Å². The lowest BCUT2D eigenvalue weighted by Gasteiger charge is -2.06. The Kier molecular flexibility index (Phi) is 6.33. The van der Waals surface area contributed by atoms with E-state index in [0.717, 1.165) is 11.3 Å². The molecule has 2 aromatic carbocycles. The van der Waals surface area contributed by atoms with E-state index in [0.29, 0.717) is 10.9 Å². The summed E-state index contributed by atoms with van der Waals surface area (Å²) in [6.45, 7) is 4.30. The summed E-state index contributed by atoms with van der Waals surface area (Å²) in [7, 11) is 0. The van der Waals surface area contributed by atoms with Crippen molar-refractivity contribution in [3.05, 3.63) is 83.1 Å². The van der Waals surface area contributed by atoms with E-state index < -0.39 is 6.17 Å². The maximum absolute atomic E-state index is 5.97. The first-order valence-corrected chi connectivity index (χ1v) is 8.94. The molecule has 0 fully saturated rings. The summed E-state index contributed by atoms with van der Waals surface area (Å²) >= 11 is 5.97. The van der Waals surface area contributed by atoms with Crippen molar-refractivity contribution in [2.75, 3.05) is 0 Å². The summed E-state index contributed by atoms with van der Waals surface area (Å²) in [5, 5.41) is 17.6. The summed E-state index contributed by atoms with van der Waals surface area (Å²) in [6, 6.07) is 17.0. The first-order chi connectivity index (χ1) is 13.1. The van der Waals surface area contributed by atoms with E-state index in [1.807, 2.05) is 24.3 Å². The van der Waals surface area contributed by atoms with E-state index >= 15 is 0 Å². The molecular weight excluding hydrogens is 360 g/mol. The number of rotatable bonds is 6. The molecule has 1 atom stereocenters. The lowest BCUT2D eigenvalue weighted by molar-refractivity contribution is 0.684. The van der Waals surface area contributed by atoms with Gasteiger partial charge in [-0.15, -0.1) is 5.11 Å². The Bertz CT molecular complexity index is 905. The molecule has 0 N–H and O–H groups in total. The summed E-state index contributed by atoms with van der Waals surface area (Å²) in [4.78, 5) is 8.08. The Hall–Kier alpha value is -2.99. The van der Waals surface area contributed by atoms with Crippen LogP contribution in [-0.2, 0) is 0 Å². The smallest absolute Gasteiger partial charge is 0.218 e. The van der Waals surface area contributed by atoms with Gasteiger partial charge in [-0.1, -0.05) is 49.7 Å². The van der Waals surface area contributed by atoms with Crippen LogP contribution in [0.25, 0.3) is 0 Å². The Morgan fingerprint density at radius 2 is 1.37 bits per heavy atom. The minimum Gasteiger partial charge on any atom is -0.218 e. The van der Waals surface area contributed by atoms with Crippen molar-refractivity contribution in [1.29, 1.82) is 0 Å². The fourth-order valence-electron chi connectivity index (χ4n) is 2.29. The van der Waals surface area contributed by atoms with E-state index in [1.165, 1.54) is 5.56 Å². The summed E-state index contributed by atoms with van der Waals surface area (Å²) in [5.74, 6) is 0.741. The van der Waals surface area contributed by atoms with Crippen LogP contribution >= 0.6 is 11.6 Å². The minimum atomic E-state index is -0.615. The zero-order valence-electron chi connectivity index (χ0n) is 15.1. The number of hydrogen-bond acceptors (Lipinski definition) is 6. The largest absolute Gasteiger partial charge is 0.268 e. The van der Waals surface area contributed by atoms with Crippen LogP contribution < -0.4 is 0 Å². The van der Waals surface area contributed by atoms with Gasteiger partial charge in [0.25, 0.3) is 5.95 Å². The quantitative estimate of drug-likeness (QED) is 0.441. The van der Waals surface area contributed by atoms with Crippen molar-refractivity contribution in [3.8, 4) is 0 Å². The Morgan fingerprint density at radius 3 is 2.00 bits per heavy atom. The van der Waals surface area contributed by atoms with Gasteiger partial charge in [-0.2, -0.15) is 15.3 Å². The second-order valence-electron chi connectivity index (χ2n) is 6.15. The number of azo groups is 2. The van der Waals surface area contributed by atoms with Crippen LogP contribution in [0.4, 0.5) is 11.6 Å². The molecule has 3 rings (SSSR count). The highest BCUT2D eigenvalue weighted by Gasteiger charge is 2.10. The Balaban J connectivity index is 1.84. The highest BCUT2D eigenvalue weighted by atomic mass is 35.5. The van der Waals surface area contributed by atoms with Gasteiger partial charge >= 0.3 is 0 Å². The van der Waals surface area contributed by atoms with Crippen LogP contribution in [0.3, 0.4) is 0 Å². The molecule has 136 valence electrons. The fourth-order valence-corrected chi connectivity index (χ4v) is 2.41. The zero-order chi connectivity index (χ0) is 19.1. The average Bonchev–Trinajstić information content (AvgIpc) is 2.70. The molecule has 0 saturated carbocycles. The van der Waals surface area contributed by atoms with Gasteiger partial charge in [0.2, 0.25) is 6.17 Å². The number of aromatic nitrogens is 2. The average molecular weight is 379 g/mol. The Morgan fingerprint density at radius 1 is 0.778 bits per heavy atom. The van der Waals surface area contributed by atoms with Gasteiger partial charge in [-0.05, 0) is 41.8 Å². The minimum absolute atomic E-state index is 0.271. The molecule has 0 radical (unpaired) electrons. The molecule has 0 aliphatic heterocycles. The number of halogens is 1. The van der Waals surface area contributed by atoms with Crippen molar-refractivity contribution in [2.45, 2.75) is 25.9 Å². The highest BCUT2D eigenvalue weighted by Crippen LogP contribution is 2.26. The van der Waals surface area contributed by atoms with Gasteiger partial charge < -0.3 is 0 Å². The molecule has 1 aromatic heterocycles. The van der Waals surface area contributed by atoms with Gasteiger partial charge in [0.1, 0.15) is 0 Å². The third-order valence-corrected chi connectivity index (χ3v) is 4.07. The molecule has 6 nitrogen and oxygen atoms in total. The molecule has 0 bridgehead atoms. The van der Waals surface area contributed by atoms with Gasteiger partial charge in [0.05, 0.1) is 5.69 Å². The standard InChI is InChI=1S/C20H19ClN6/c1-14(2)15-6-10-18(11-7-15)24-25-19(16-4-8-17(21)9-5-16)26-27-20-22-12-3-13-23-20/h3-14,19H,1-2H3. The van der Waals surface area contributed by atoms with Gasteiger partial charge in [0.15, 0.2) is 0 Å². The number of nitrogens with zero attached hydrogens (tertiary/aromatic N) is 6. The summed E-state index contributed by atoms with van der Waals surface area (Å²) in [5.41, 5.74) is 2.83. The zero-order valence-corrected chi connectivity index (χ0v) is 15.8. The first kappa shape index (κ1) is 18.8. The van der Waals surface area contributed by atoms with Crippen LogP contribution in [0.15, 0.2) is 87.4 Å². The second kappa shape index (κ2) is 9.09. The lowest BCUT2D eigenvalue weighted by atomic mass is 10.0. The van der Waals surface area contributed by atoms with Gasteiger partial charge in [-0.25, -0.2) is 9.97 Å². The molecule has 3 aromatic rings. The van der Waals surface area contributed by atoms with E-state index in [9.17, 15) is 0 Å². The Labute approximate surface area is 163 Å². The predicted molar refractivity (Wildman–Crippen MR) is 106 cm³/mol. The van der Waals surface area contributed by atoms with Crippen molar-refractivity contribution in [2.24, 2.45) is 20.5 Å². The van der Waals surface area contributed by atoms with E-state index in [-0.39, 0.29) is 5.95 Å². The maximum atomic E-state index is 5.97. The first-order valence-electron chi connectivity index (χ1n) is 8.56. The molecule has 1 unspecified atom stereocenters. The highest BCUT2D eigenvalue weighted by molar-refractivity contribution is 6.30. The van der Waals surface area contributed by atoms with Crippen LogP contribution in [-0.4, -0.2) is 9.97 Å². The van der Waals surface area contributed by atoms with Crippen LogP contribution in [0, 0.1) is 0 Å². The SMILES string of the molecule is CC(C)c1ccc(N=NC(N=Nc2ncccn2)c2ccc(Cl)cc2)cc1. The van der Waals surface area contributed by atoms with Crippen LogP contribution in [0.2, 0.25) is 5.02 Å². The summed E-state index contributed by atoms with van der Waals surface area (Å²) in [6.07, 6.45) is 2.60. The van der Waals surface area contributed by atoms with Gasteiger partial charge in [-0.3, -0.25) is 0 Å². The third-order valence-electron chi connectivity index (χ3n) is 3.82. The van der Waals surface area contributed by atoms with E-state index in [1.54, 1.807) is 30.6 Å². The fraction of sp³-hybridized carbons (Fsp3) is 0.200. The molecule has 0 amide bonds. The van der Waals surface area contributed by atoms with Crippen LogP contribution in [0.1, 0.15) is 37.1 Å². The lowest BCUT2D eigenvalue weighted by Crippen LogP contribution is -1.90. The van der Waals surface area contributed by atoms with Crippen molar-refractivity contribution >= 4 is 23.2 Å². The van der Waals surface area contributed by atoms with Crippen LogP contribution in [0.5, 0.6) is 0 Å². The molecule has 1 heterocycles. The molecular formula is C20H19ClN6. The number of benzene rings is 2. The predicted octanol–water partition coefficient (Wildman–Crippen LogP) is 6.82. The second-order valence-corrected chi connectivity index (χ2v) is 6.59. The summed E-state index contributed by atoms with van der Waals surface area (Å²) < 4.78 is 0. The topological polar surface area (TPSA) is 75.2 Å². The monoisotopic (exact) mass is 378 g/mol. The molecule has 27 heavy (non-hydrogen) atoms. The molecule has 0 saturated heterocycles. The molecule has 0 spiro atoms. The molecule has 0 aliphatic carbocycles. The van der Waals surface area contributed by atoms with Crippen molar-refractivity contribution < 1.29 is 0 Å². The molecule has 0 aliphatic rings. The van der Waals surface area contributed by atoms with Crippen molar-refractivity contribution in [1.82, 2.24) is 9.97 Å². The number of hydrogen-bond donors (Lipinski definition) is 0. The third kappa shape index (κ3) is 5.49. The van der Waals surface area contributed by atoms with E-state index in [2.05, 4.69) is 56.4 Å². The normalized spacial score (nSPS) is 12.9.